The minimum absolute atomic E-state index is 0.116. The Balaban J connectivity index is 1.72. The van der Waals surface area contributed by atoms with Crippen molar-refractivity contribution in [3.8, 4) is 0 Å². The van der Waals surface area contributed by atoms with E-state index in [0.717, 1.165) is 24.7 Å². The van der Waals surface area contributed by atoms with E-state index < -0.39 is 23.8 Å². The predicted octanol–water partition coefficient (Wildman–Crippen LogP) is 2.58. The van der Waals surface area contributed by atoms with Crippen molar-refractivity contribution in [1.82, 2.24) is 16.0 Å². The molecular weight excluding hydrogens is 400 g/mol. The van der Waals surface area contributed by atoms with Gasteiger partial charge in [-0.2, -0.15) is 0 Å². The van der Waals surface area contributed by atoms with Gasteiger partial charge in [0.15, 0.2) is 0 Å². The van der Waals surface area contributed by atoms with Crippen LogP contribution in [0.1, 0.15) is 43.4 Å². The van der Waals surface area contributed by atoms with Crippen molar-refractivity contribution in [2.45, 2.75) is 50.8 Å². The predicted molar refractivity (Wildman–Crippen MR) is 117 cm³/mol. The normalized spacial score (nSPS) is 17.1. The van der Waals surface area contributed by atoms with E-state index in [9.17, 15) is 18.7 Å². The van der Waals surface area contributed by atoms with Gasteiger partial charge in [0.1, 0.15) is 11.6 Å². The van der Waals surface area contributed by atoms with Crippen molar-refractivity contribution >= 4 is 5.91 Å². The molecule has 2 atom stereocenters. The molecule has 3 rings (SSSR count). The van der Waals surface area contributed by atoms with Gasteiger partial charge in [-0.25, -0.2) is 8.78 Å². The van der Waals surface area contributed by atoms with E-state index in [1.807, 2.05) is 6.07 Å². The number of nitrogens with one attached hydrogen (secondary N) is 3. The number of rotatable bonds is 9. The fraction of sp³-hybridized carbons (Fsp3) is 0.458. The Kier molecular flexibility index (Phi) is 7.41. The number of hydrogen-bond donors (Lipinski definition) is 4. The molecule has 7 heteroatoms. The molecule has 4 N–H and O–H groups in total. The highest BCUT2D eigenvalue weighted by Crippen LogP contribution is 2.28. The molecule has 0 unspecified atom stereocenters. The van der Waals surface area contributed by atoms with Crippen LogP contribution in [0.2, 0.25) is 0 Å². The van der Waals surface area contributed by atoms with Crippen LogP contribution in [0, 0.1) is 11.6 Å². The number of benzene rings is 2. The van der Waals surface area contributed by atoms with Crippen molar-refractivity contribution in [2.24, 2.45) is 0 Å². The Labute approximate surface area is 182 Å². The summed E-state index contributed by atoms with van der Waals surface area (Å²) in [5.74, 6) is -1.28. The first-order chi connectivity index (χ1) is 14.7. The molecule has 1 aliphatic rings. The number of carbonyl (C=O) groups is 1. The van der Waals surface area contributed by atoms with Crippen molar-refractivity contribution in [3.05, 3.63) is 70.8 Å². The minimum Gasteiger partial charge on any atom is -0.390 e. The average molecular weight is 432 g/mol. The second kappa shape index (κ2) is 9.85. The Morgan fingerprint density at radius 1 is 1.16 bits per heavy atom. The second-order valence-corrected chi connectivity index (χ2v) is 8.70. The van der Waals surface area contributed by atoms with Gasteiger partial charge in [0.25, 0.3) is 0 Å². The van der Waals surface area contributed by atoms with Gasteiger partial charge in [0, 0.05) is 32.6 Å². The van der Waals surface area contributed by atoms with Crippen LogP contribution in [0.25, 0.3) is 0 Å². The van der Waals surface area contributed by atoms with E-state index in [1.165, 1.54) is 24.6 Å². The first-order valence-corrected chi connectivity index (χ1v) is 10.6. The highest BCUT2D eigenvalue weighted by molar-refractivity contribution is 5.73. The van der Waals surface area contributed by atoms with Gasteiger partial charge in [-0.1, -0.05) is 38.1 Å². The number of carbonyl (C=O) groups excluding carboxylic acids is 1. The second-order valence-electron chi connectivity index (χ2n) is 8.70. The van der Waals surface area contributed by atoms with Gasteiger partial charge < -0.3 is 21.1 Å². The van der Waals surface area contributed by atoms with Crippen LogP contribution in [0.4, 0.5) is 8.78 Å². The molecule has 1 amide bonds. The monoisotopic (exact) mass is 431 g/mol. The van der Waals surface area contributed by atoms with Gasteiger partial charge in [0.2, 0.25) is 5.91 Å². The fourth-order valence-electron chi connectivity index (χ4n) is 3.97. The van der Waals surface area contributed by atoms with Crippen molar-refractivity contribution in [2.75, 3.05) is 19.6 Å². The first kappa shape index (κ1) is 23.3. The SMILES string of the molecule is CC(=O)N[C@@H](Cc1cc(F)cc(F)c1)[C@H](O)CNC1(c2cccc(C(C)C)c2)CNC1. The van der Waals surface area contributed by atoms with E-state index in [-0.39, 0.29) is 24.4 Å². The van der Waals surface area contributed by atoms with Gasteiger partial charge in [0.05, 0.1) is 17.7 Å². The molecule has 0 saturated carbocycles. The van der Waals surface area contributed by atoms with E-state index >= 15 is 0 Å². The molecule has 0 radical (unpaired) electrons. The van der Waals surface area contributed by atoms with Crippen LogP contribution < -0.4 is 16.0 Å². The maximum absolute atomic E-state index is 13.6. The maximum atomic E-state index is 13.6. The number of aliphatic hydroxyl groups is 1. The highest BCUT2D eigenvalue weighted by Gasteiger charge is 2.39. The van der Waals surface area contributed by atoms with Crippen LogP contribution in [-0.2, 0) is 16.8 Å². The summed E-state index contributed by atoms with van der Waals surface area (Å²) in [6.07, 6.45) is -0.827. The van der Waals surface area contributed by atoms with Crippen LogP contribution in [0.3, 0.4) is 0 Å². The molecule has 0 spiro atoms. The summed E-state index contributed by atoms with van der Waals surface area (Å²) >= 11 is 0. The molecule has 0 bridgehead atoms. The summed E-state index contributed by atoms with van der Waals surface area (Å²) in [4.78, 5) is 11.7. The average Bonchev–Trinajstić information content (AvgIpc) is 2.65. The molecule has 31 heavy (non-hydrogen) atoms. The minimum atomic E-state index is -0.944. The summed E-state index contributed by atoms with van der Waals surface area (Å²) in [7, 11) is 0. The lowest BCUT2D eigenvalue weighted by atomic mass is 9.82. The molecule has 0 aliphatic carbocycles. The molecule has 5 nitrogen and oxygen atoms in total. The summed E-state index contributed by atoms with van der Waals surface area (Å²) in [5, 5.41) is 20.3. The maximum Gasteiger partial charge on any atom is 0.217 e. The number of halogens is 2. The summed E-state index contributed by atoms with van der Waals surface area (Å²) in [5.41, 5.74) is 2.46. The van der Waals surface area contributed by atoms with Crippen molar-refractivity contribution < 1.29 is 18.7 Å². The van der Waals surface area contributed by atoms with Crippen LogP contribution in [0.15, 0.2) is 42.5 Å². The van der Waals surface area contributed by atoms with Gasteiger partial charge in [-0.3, -0.25) is 4.79 Å². The van der Waals surface area contributed by atoms with Crippen LogP contribution in [-0.4, -0.2) is 42.8 Å². The van der Waals surface area contributed by atoms with Gasteiger partial charge >= 0.3 is 0 Å². The van der Waals surface area contributed by atoms with Crippen LogP contribution >= 0.6 is 0 Å². The molecule has 1 fully saturated rings. The standard InChI is InChI=1S/C24H31F2N3O2/c1-15(2)18-5-4-6-19(10-18)24(13-27-14-24)28-12-23(31)22(29-16(3)30)9-17-7-20(25)11-21(26)8-17/h4-8,10-11,15,22-23,27-28,31H,9,12-14H2,1-3H3,(H,29,30)/t22-,23+/m0/s1. The molecule has 1 aliphatic heterocycles. The Morgan fingerprint density at radius 3 is 2.39 bits per heavy atom. The first-order valence-electron chi connectivity index (χ1n) is 10.6. The number of aliphatic hydroxyl groups excluding tert-OH is 1. The van der Waals surface area contributed by atoms with Gasteiger partial charge in [-0.05, 0) is 41.2 Å². The van der Waals surface area contributed by atoms with E-state index in [2.05, 4.69) is 48.0 Å². The van der Waals surface area contributed by atoms with E-state index in [4.69, 9.17) is 0 Å². The molecular formula is C24H31F2N3O2. The van der Waals surface area contributed by atoms with Crippen molar-refractivity contribution in [1.29, 1.82) is 0 Å². The van der Waals surface area contributed by atoms with E-state index in [1.54, 1.807) is 0 Å². The largest absolute Gasteiger partial charge is 0.390 e. The Morgan fingerprint density at radius 2 is 1.84 bits per heavy atom. The summed E-state index contributed by atoms with van der Waals surface area (Å²) in [6.45, 7) is 7.32. The molecule has 1 saturated heterocycles. The summed E-state index contributed by atoms with van der Waals surface area (Å²) < 4.78 is 27.1. The zero-order valence-corrected chi connectivity index (χ0v) is 18.2. The quantitative estimate of drug-likeness (QED) is 0.493. The Hall–Kier alpha value is -2.35. The third-order valence-electron chi connectivity index (χ3n) is 5.84. The smallest absolute Gasteiger partial charge is 0.217 e. The van der Waals surface area contributed by atoms with Crippen LogP contribution in [0.5, 0.6) is 0 Å². The molecule has 2 aromatic rings. The molecule has 2 aromatic carbocycles. The Bertz CT molecular complexity index is 895. The third kappa shape index (κ3) is 5.87. The zero-order chi connectivity index (χ0) is 22.6. The van der Waals surface area contributed by atoms with Crippen molar-refractivity contribution in [3.63, 3.8) is 0 Å². The van der Waals surface area contributed by atoms with Gasteiger partial charge in [-0.15, -0.1) is 0 Å². The lowest BCUT2D eigenvalue weighted by molar-refractivity contribution is -0.120. The van der Waals surface area contributed by atoms with E-state index in [0.29, 0.717) is 11.5 Å². The number of hydrogen-bond acceptors (Lipinski definition) is 4. The third-order valence-corrected chi connectivity index (χ3v) is 5.84. The molecule has 0 aromatic heterocycles. The topological polar surface area (TPSA) is 73.4 Å². The zero-order valence-electron chi connectivity index (χ0n) is 18.2. The number of amides is 1. The molecule has 1 heterocycles. The highest BCUT2D eigenvalue weighted by atomic mass is 19.1. The lowest BCUT2D eigenvalue weighted by Gasteiger charge is -2.45. The summed E-state index contributed by atoms with van der Waals surface area (Å²) in [6, 6.07) is 11.0. The molecule has 168 valence electrons. The fourth-order valence-corrected chi connectivity index (χ4v) is 3.97. The lowest BCUT2D eigenvalue weighted by Crippen LogP contribution is -2.66.